The molecule has 2 fully saturated rings. The lowest BCUT2D eigenvalue weighted by molar-refractivity contribution is 0.326. The van der Waals surface area contributed by atoms with Gasteiger partial charge in [-0.25, -0.2) is 0 Å². The Balaban J connectivity index is 2.03. The highest BCUT2D eigenvalue weighted by atomic mass is 15.0. The van der Waals surface area contributed by atoms with Gasteiger partial charge in [-0.05, 0) is 31.7 Å². The van der Waals surface area contributed by atoms with Gasteiger partial charge >= 0.3 is 0 Å². The van der Waals surface area contributed by atoms with Crippen LogP contribution in [0.4, 0.5) is 0 Å². The van der Waals surface area contributed by atoms with Gasteiger partial charge in [0.15, 0.2) is 0 Å². The summed E-state index contributed by atoms with van der Waals surface area (Å²) in [5.74, 6) is 0.624. The Morgan fingerprint density at radius 3 is 3.00 bits per heavy atom. The van der Waals surface area contributed by atoms with Crippen LogP contribution in [0, 0.1) is 5.92 Å². The SMILES string of the molecule is [2H]C1([2H])C[C@H]2CCCC[C@H]2N1. The average Bonchev–Trinajstić information content (AvgIpc) is 2.21. The number of fused-ring (bicyclic) bond motifs is 1. The number of hydrogen-bond donors (Lipinski definition) is 1. The van der Waals surface area contributed by atoms with Crippen molar-refractivity contribution in [2.45, 2.75) is 38.1 Å². The van der Waals surface area contributed by atoms with Crippen molar-refractivity contribution in [1.29, 1.82) is 0 Å². The molecule has 0 aromatic rings. The Bertz CT molecular complexity index is 142. The van der Waals surface area contributed by atoms with E-state index in [1.54, 1.807) is 0 Å². The van der Waals surface area contributed by atoms with Gasteiger partial charge in [-0.1, -0.05) is 12.8 Å². The molecule has 0 aromatic heterocycles. The zero-order chi connectivity index (χ0) is 7.90. The van der Waals surface area contributed by atoms with Gasteiger partial charge in [0, 0.05) is 8.78 Å². The quantitative estimate of drug-likeness (QED) is 0.520. The molecular weight excluding hydrogens is 110 g/mol. The number of nitrogens with one attached hydrogen (secondary N) is 1. The van der Waals surface area contributed by atoms with Gasteiger partial charge in [-0.15, -0.1) is 0 Å². The van der Waals surface area contributed by atoms with Crippen LogP contribution in [0.25, 0.3) is 0 Å². The fourth-order valence-electron chi connectivity index (χ4n) is 1.96. The monoisotopic (exact) mass is 127 g/mol. The lowest BCUT2D eigenvalue weighted by atomic mass is 9.86. The zero-order valence-corrected chi connectivity index (χ0v) is 5.69. The van der Waals surface area contributed by atoms with E-state index in [1.807, 2.05) is 0 Å². The smallest absolute Gasteiger partial charge is 0.0428 e. The molecule has 1 saturated heterocycles. The topological polar surface area (TPSA) is 12.0 Å². The molecule has 2 aliphatic rings. The molecule has 0 aromatic carbocycles. The Labute approximate surface area is 59.6 Å². The van der Waals surface area contributed by atoms with Gasteiger partial charge in [-0.3, -0.25) is 0 Å². The molecule has 2 rings (SSSR count). The molecule has 9 heavy (non-hydrogen) atoms. The largest absolute Gasteiger partial charge is 0.314 e. The fraction of sp³-hybridized carbons (Fsp3) is 1.00. The first-order chi connectivity index (χ1) is 5.17. The van der Waals surface area contributed by atoms with Crippen LogP contribution in [0.2, 0.25) is 0 Å². The van der Waals surface area contributed by atoms with Crippen LogP contribution >= 0.6 is 0 Å². The minimum atomic E-state index is -1.07. The summed E-state index contributed by atoms with van der Waals surface area (Å²) in [5, 5.41) is 3.07. The Kier molecular flexibility index (Phi) is 1.01. The van der Waals surface area contributed by atoms with E-state index < -0.39 is 6.50 Å². The molecule has 52 valence electrons. The first-order valence-corrected chi connectivity index (χ1v) is 3.95. The Hall–Kier alpha value is -0.0400. The molecule has 0 spiro atoms. The summed E-state index contributed by atoms with van der Waals surface area (Å²) >= 11 is 0. The fourth-order valence-corrected chi connectivity index (χ4v) is 1.96. The lowest BCUT2D eigenvalue weighted by Gasteiger charge is -2.24. The van der Waals surface area contributed by atoms with Crippen molar-refractivity contribution >= 4 is 0 Å². The molecule has 1 N–H and O–H groups in total. The maximum Gasteiger partial charge on any atom is 0.0428 e. The van der Waals surface area contributed by atoms with E-state index in [-0.39, 0.29) is 0 Å². The molecule has 1 heterocycles. The van der Waals surface area contributed by atoms with Gasteiger partial charge < -0.3 is 5.32 Å². The first kappa shape index (κ1) is 3.97. The summed E-state index contributed by atoms with van der Waals surface area (Å²) in [7, 11) is 0. The van der Waals surface area contributed by atoms with Crippen LogP contribution in [-0.2, 0) is 0 Å². The molecule has 0 unspecified atom stereocenters. The third-order valence-corrected chi connectivity index (χ3v) is 2.56. The molecule has 1 aliphatic carbocycles. The summed E-state index contributed by atoms with van der Waals surface area (Å²) in [6.07, 6.45) is 5.74. The Morgan fingerprint density at radius 2 is 2.11 bits per heavy atom. The minimum Gasteiger partial charge on any atom is -0.314 e. The summed E-state index contributed by atoms with van der Waals surface area (Å²) in [5.41, 5.74) is 0. The van der Waals surface area contributed by atoms with E-state index in [9.17, 15) is 0 Å². The van der Waals surface area contributed by atoms with E-state index in [2.05, 4.69) is 5.32 Å². The van der Waals surface area contributed by atoms with Crippen LogP contribution in [0.1, 0.15) is 34.8 Å². The van der Waals surface area contributed by atoms with Gasteiger partial charge in [0.05, 0.1) is 0 Å². The summed E-state index contributed by atoms with van der Waals surface area (Å²) < 4.78 is 15.1. The van der Waals surface area contributed by atoms with Crippen LogP contribution in [0.15, 0.2) is 0 Å². The highest BCUT2D eigenvalue weighted by molar-refractivity contribution is 4.86. The van der Waals surface area contributed by atoms with Crippen LogP contribution < -0.4 is 5.32 Å². The zero-order valence-electron chi connectivity index (χ0n) is 7.69. The van der Waals surface area contributed by atoms with E-state index in [0.29, 0.717) is 12.0 Å². The Morgan fingerprint density at radius 1 is 1.22 bits per heavy atom. The highest BCUT2D eigenvalue weighted by Gasteiger charge is 2.28. The highest BCUT2D eigenvalue weighted by Crippen LogP contribution is 2.29. The van der Waals surface area contributed by atoms with Crippen molar-refractivity contribution in [3.63, 3.8) is 0 Å². The second kappa shape index (κ2) is 2.30. The predicted molar refractivity (Wildman–Crippen MR) is 38.4 cm³/mol. The van der Waals surface area contributed by atoms with Gasteiger partial charge in [0.1, 0.15) is 0 Å². The maximum absolute atomic E-state index is 7.54. The van der Waals surface area contributed by atoms with Crippen molar-refractivity contribution in [3.05, 3.63) is 0 Å². The lowest BCUT2D eigenvalue weighted by Crippen LogP contribution is -2.29. The van der Waals surface area contributed by atoms with E-state index in [1.165, 1.54) is 25.7 Å². The van der Waals surface area contributed by atoms with Crippen molar-refractivity contribution in [2.75, 3.05) is 6.50 Å². The van der Waals surface area contributed by atoms with Gasteiger partial charge in [0.2, 0.25) is 0 Å². The van der Waals surface area contributed by atoms with Crippen molar-refractivity contribution < 1.29 is 2.74 Å². The van der Waals surface area contributed by atoms with E-state index in [4.69, 9.17) is 2.74 Å². The predicted octanol–water partition coefficient (Wildman–Crippen LogP) is 1.54. The molecule has 1 heteroatoms. The third-order valence-electron chi connectivity index (χ3n) is 2.56. The minimum absolute atomic E-state index is 0.485. The van der Waals surface area contributed by atoms with Crippen LogP contribution in [-0.4, -0.2) is 12.5 Å². The van der Waals surface area contributed by atoms with Crippen LogP contribution in [0.3, 0.4) is 0 Å². The summed E-state index contributed by atoms with van der Waals surface area (Å²) in [6.45, 7) is -1.07. The molecule has 0 radical (unpaired) electrons. The second-order valence-corrected chi connectivity index (χ2v) is 3.18. The first-order valence-electron chi connectivity index (χ1n) is 4.95. The van der Waals surface area contributed by atoms with Crippen molar-refractivity contribution in [1.82, 2.24) is 5.32 Å². The molecule has 2 atom stereocenters. The normalized spacial score (nSPS) is 51.6. The van der Waals surface area contributed by atoms with Gasteiger partial charge in [-0.2, -0.15) is 0 Å². The molecule has 1 saturated carbocycles. The molecule has 0 amide bonds. The summed E-state index contributed by atoms with van der Waals surface area (Å²) in [4.78, 5) is 0. The van der Waals surface area contributed by atoms with Gasteiger partial charge in [0.25, 0.3) is 0 Å². The second-order valence-electron chi connectivity index (χ2n) is 3.18. The summed E-state index contributed by atoms with van der Waals surface area (Å²) in [6, 6.07) is 0.485. The average molecular weight is 127 g/mol. The number of rotatable bonds is 0. The van der Waals surface area contributed by atoms with Crippen molar-refractivity contribution in [2.24, 2.45) is 5.92 Å². The van der Waals surface area contributed by atoms with Crippen molar-refractivity contribution in [3.8, 4) is 0 Å². The third kappa shape index (κ3) is 0.983. The van der Waals surface area contributed by atoms with E-state index in [0.717, 1.165) is 6.42 Å². The maximum atomic E-state index is 7.54. The molecule has 0 bridgehead atoms. The standard InChI is InChI=1S/C8H15N/c1-2-4-8-7(3-1)5-6-9-8/h7-9H,1-6H2/t7-,8-/m1/s1/i6D2. The molecule has 1 nitrogen and oxygen atoms in total. The number of hydrogen-bond acceptors (Lipinski definition) is 1. The van der Waals surface area contributed by atoms with Crippen LogP contribution in [0.5, 0.6) is 0 Å². The molecule has 1 aliphatic heterocycles. The van der Waals surface area contributed by atoms with E-state index >= 15 is 0 Å². The molecular formula is C8H15N.